The third-order valence-electron chi connectivity index (χ3n) is 4.20. The molecule has 0 aliphatic heterocycles. The number of halogens is 4. The van der Waals surface area contributed by atoms with Crippen molar-refractivity contribution in [3.63, 3.8) is 0 Å². The van der Waals surface area contributed by atoms with Gasteiger partial charge in [-0.3, -0.25) is 14.2 Å². The fraction of sp³-hybridized carbons (Fsp3) is 0.278. The number of carbonyl (C=O) groups excluding carboxylic acids is 1. The van der Waals surface area contributed by atoms with Crippen LogP contribution in [-0.4, -0.2) is 25.5 Å². The van der Waals surface area contributed by atoms with Gasteiger partial charge in [0.2, 0.25) is 5.91 Å². The van der Waals surface area contributed by atoms with Crippen LogP contribution in [0.1, 0.15) is 22.5 Å². The maximum absolute atomic E-state index is 12.9. The average molecular weight is 456 g/mol. The van der Waals surface area contributed by atoms with Crippen molar-refractivity contribution in [2.24, 2.45) is 0 Å². The number of anilines is 1. The number of hydrogen-bond acceptors (Lipinski definition) is 3. The Labute approximate surface area is 167 Å². The first kappa shape index (κ1) is 20.1. The minimum Gasteiger partial charge on any atom is -0.308 e. The molecule has 0 fully saturated rings. The van der Waals surface area contributed by atoms with Crippen molar-refractivity contribution in [2.45, 2.75) is 33.1 Å². The number of rotatable bonds is 5. The van der Waals surface area contributed by atoms with E-state index in [1.165, 1.54) is 6.92 Å². The Morgan fingerprint density at radius 3 is 2.54 bits per heavy atom. The van der Waals surface area contributed by atoms with Gasteiger partial charge in [-0.15, -0.1) is 0 Å². The first-order chi connectivity index (χ1) is 13.1. The Morgan fingerprint density at radius 2 is 1.89 bits per heavy atom. The summed E-state index contributed by atoms with van der Waals surface area (Å²) in [6.45, 7) is 3.64. The zero-order chi connectivity index (χ0) is 20.5. The standard InChI is InChI=1S/C18H17BrF3N5O/c1-11-5-3-4-6-13(11)9-26-8-7-14(24-26)23-15(28)10-27-12(2)16(19)17(25-27)18(20,21)22/h3-8H,9-10H2,1-2H3,(H,23,24,28). The molecular weight excluding hydrogens is 439 g/mol. The van der Waals surface area contributed by atoms with Gasteiger partial charge in [-0.1, -0.05) is 24.3 Å². The van der Waals surface area contributed by atoms with Crippen LogP contribution in [0.2, 0.25) is 0 Å². The molecule has 0 aliphatic carbocycles. The molecule has 0 spiro atoms. The molecule has 0 radical (unpaired) electrons. The zero-order valence-electron chi connectivity index (χ0n) is 15.1. The molecule has 0 saturated carbocycles. The van der Waals surface area contributed by atoms with Crippen LogP contribution in [0, 0.1) is 13.8 Å². The Morgan fingerprint density at radius 1 is 1.18 bits per heavy atom. The number of hydrogen-bond donors (Lipinski definition) is 1. The molecule has 0 unspecified atom stereocenters. The van der Waals surface area contributed by atoms with Crippen molar-refractivity contribution in [1.82, 2.24) is 19.6 Å². The molecule has 1 N–H and O–H groups in total. The summed E-state index contributed by atoms with van der Waals surface area (Å²) < 4.78 is 41.3. The molecule has 3 aromatic rings. The molecule has 0 atom stereocenters. The van der Waals surface area contributed by atoms with Gasteiger partial charge in [0.1, 0.15) is 6.54 Å². The molecule has 0 bridgehead atoms. The number of alkyl halides is 3. The van der Waals surface area contributed by atoms with Gasteiger partial charge in [0.15, 0.2) is 11.5 Å². The number of benzene rings is 1. The van der Waals surface area contributed by atoms with E-state index in [4.69, 9.17) is 0 Å². The molecule has 2 heterocycles. The lowest BCUT2D eigenvalue weighted by Crippen LogP contribution is -2.21. The molecule has 10 heteroatoms. The summed E-state index contributed by atoms with van der Waals surface area (Å²) in [4.78, 5) is 12.2. The monoisotopic (exact) mass is 455 g/mol. The van der Waals surface area contributed by atoms with Crippen LogP contribution in [0.25, 0.3) is 0 Å². The lowest BCUT2D eigenvalue weighted by atomic mass is 10.1. The molecule has 28 heavy (non-hydrogen) atoms. The Balaban J connectivity index is 1.66. The number of nitrogens with zero attached hydrogens (tertiary/aromatic N) is 4. The second-order valence-corrected chi connectivity index (χ2v) is 7.07. The van der Waals surface area contributed by atoms with Crippen molar-refractivity contribution in [3.8, 4) is 0 Å². The Kier molecular flexibility index (Phi) is 5.59. The lowest BCUT2D eigenvalue weighted by molar-refractivity contribution is -0.142. The molecule has 0 aliphatic rings. The summed E-state index contributed by atoms with van der Waals surface area (Å²) in [5, 5.41) is 10.3. The minimum atomic E-state index is -4.60. The largest absolute Gasteiger partial charge is 0.436 e. The summed E-state index contributed by atoms with van der Waals surface area (Å²) in [5.74, 6) is -0.202. The molecule has 1 amide bonds. The first-order valence-corrected chi connectivity index (χ1v) is 9.12. The SMILES string of the molecule is Cc1ccccc1Cn1ccc(NC(=O)Cn2nc(C(F)(F)F)c(Br)c2C)n1. The quantitative estimate of drug-likeness (QED) is 0.627. The molecule has 2 aromatic heterocycles. The number of aryl methyl sites for hydroxylation is 1. The fourth-order valence-corrected chi connectivity index (χ4v) is 3.16. The van der Waals surface area contributed by atoms with Gasteiger partial charge in [0.25, 0.3) is 0 Å². The van der Waals surface area contributed by atoms with Crippen LogP contribution in [0.15, 0.2) is 41.0 Å². The highest BCUT2D eigenvalue weighted by Crippen LogP contribution is 2.35. The van der Waals surface area contributed by atoms with Gasteiger partial charge in [-0.25, -0.2) is 0 Å². The molecule has 1 aromatic carbocycles. The van der Waals surface area contributed by atoms with E-state index in [2.05, 4.69) is 31.4 Å². The highest BCUT2D eigenvalue weighted by molar-refractivity contribution is 9.10. The van der Waals surface area contributed by atoms with Gasteiger partial charge >= 0.3 is 6.18 Å². The van der Waals surface area contributed by atoms with Gasteiger partial charge in [-0.05, 0) is 40.9 Å². The van der Waals surface area contributed by atoms with Gasteiger partial charge < -0.3 is 5.32 Å². The molecule has 148 valence electrons. The maximum Gasteiger partial charge on any atom is 0.436 e. The van der Waals surface area contributed by atoms with Crippen molar-refractivity contribution in [3.05, 3.63) is 63.5 Å². The molecule has 0 saturated heterocycles. The highest BCUT2D eigenvalue weighted by Gasteiger charge is 2.38. The Hall–Kier alpha value is -2.62. The van der Waals surface area contributed by atoms with E-state index < -0.39 is 17.8 Å². The fourth-order valence-electron chi connectivity index (χ4n) is 2.66. The summed E-state index contributed by atoms with van der Waals surface area (Å²) in [6, 6.07) is 9.51. The average Bonchev–Trinajstić information content (AvgIpc) is 3.16. The van der Waals surface area contributed by atoms with Crippen molar-refractivity contribution in [1.29, 1.82) is 0 Å². The van der Waals surface area contributed by atoms with E-state index in [0.29, 0.717) is 12.4 Å². The number of aromatic nitrogens is 4. The van der Waals surface area contributed by atoms with Crippen molar-refractivity contribution < 1.29 is 18.0 Å². The van der Waals surface area contributed by atoms with Gasteiger partial charge in [-0.2, -0.15) is 23.4 Å². The topological polar surface area (TPSA) is 64.7 Å². The van der Waals surface area contributed by atoms with Crippen LogP contribution in [0.4, 0.5) is 19.0 Å². The summed E-state index contributed by atoms with van der Waals surface area (Å²) in [7, 11) is 0. The normalized spacial score (nSPS) is 11.6. The zero-order valence-corrected chi connectivity index (χ0v) is 16.7. The second kappa shape index (κ2) is 7.78. The third-order valence-corrected chi connectivity index (χ3v) is 5.15. The maximum atomic E-state index is 12.9. The van der Waals surface area contributed by atoms with Crippen LogP contribution in [-0.2, 0) is 24.1 Å². The molecule has 3 rings (SSSR count). The summed E-state index contributed by atoms with van der Waals surface area (Å²) in [6.07, 6.45) is -2.88. The lowest BCUT2D eigenvalue weighted by Gasteiger charge is -2.06. The summed E-state index contributed by atoms with van der Waals surface area (Å²) in [5.41, 5.74) is 1.39. The minimum absolute atomic E-state index is 0.171. The highest BCUT2D eigenvalue weighted by atomic mass is 79.9. The van der Waals surface area contributed by atoms with E-state index in [1.54, 1.807) is 16.9 Å². The number of amides is 1. The second-order valence-electron chi connectivity index (χ2n) is 6.28. The predicted octanol–water partition coefficient (Wildman–Crippen LogP) is 4.16. The molecular formula is C18H17BrF3N5O. The Bertz CT molecular complexity index is 1010. The van der Waals surface area contributed by atoms with Crippen LogP contribution in [0.3, 0.4) is 0 Å². The van der Waals surface area contributed by atoms with E-state index in [1.807, 2.05) is 31.2 Å². The molecule has 6 nitrogen and oxygen atoms in total. The third kappa shape index (κ3) is 4.44. The van der Waals surface area contributed by atoms with Crippen LogP contribution in [0.5, 0.6) is 0 Å². The number of carbonyl (C=O) groups is 1. The van der Waals surface area contributed by atoms with Gasteiger partial charge in [0.05, 0.1) is 16.7 Å². The van der Waals surface area contributed by atoms with E-state index in [0.717, 1.165) is 15.8 Å². The van der Waals surface area contributed by atoms with Crippen molar-refractivity contribution in [2.75, 3.05) is 5.32 Å². The van der Waals surface area contributed by atoms with Crippen molar-refractivity contribution >= 4 is 27.7 Å². The van der Waals surface area contributed by atoms with E-state index in [9.17, 15) is 18.0 Å². The van der Waals surface area contributed by atoms with E-state index in [-0.39, 0.29) is 16.7 Å². The van der Waals surface area contributed by atoms with E-state index >= 15 is 0 Å². The summed E-state index contributed by atoms with van der Waals surface area (Å²) >= 11 is 2.88. The first-order valence-electron chi connectivity index (χ1n) is 8.33. The smallest absolute Gasteiger partial charge is 0.308 e. The predicted molar refractivity (Wildman–Crippen MR) is 101 cm³/mol. The van der Waals surface area contributed by atoms with Gasteiger partial charge in [0, 0.05) is 12.3 Å². The van der Waals surface area contributed by atoms with Crippen LogP contribution < -0.4 is 5.32 Å². The van der Waals surface area contributed by atoms with Crippen LogP contribution >= 0.6 is 15.9 Å². The number of nitrogens with one attached hydrogen (secondary N) is 1.